The van der Waals surface area contributed by atoms with Crippen molar-refractivity contribution in [3.63, 3.8) is 0 Å². The predicted octanol–water partition coefficient (Wildman–Crippen LogP) is 4.80. The first kappa shape index (κ1) is 24.3. The lowest BCUT2D eigenvalue weighted by Gasteiger charge is -2.25. The van der Waals surface area contributed by atoms with E-state index in [-0.39, 0.29) is 6.42 Å². The van der Waals surface area contributed by atoms with Crippen molar-refractivity contribution in [3.05, 3.63) is 72.2 Å². The summed E-state index contributed by atoms with van der Waals surface area (Å²) in [6, 6.07) is 13.2. The van der Waals surface area contributed by atoms with Gasteiger partial charge in [-0.2, -0.15) is 0 Å². The van der Waals surface area contributed by atoms with Gasteiger partial charge in [0.2, 0.25) is 6.41 Å². The molecular formula is C28H28N4O5. The molecule has 9 nitrogen and oxygen atoms in total. The van der Waals surface area contributed by atoms with Crippen molar-refractivity contribution in [1.29, 1.82) is 0 Å². The Balaban J connectivity index is 1.40. The third kappa shape index (κ3) is 5.25. The highest BCUT2D eigenvalue weighted by Crippen LogP contribution is 2.36. The summed E-state index contributed by atoms with van der Waals surface area (Å²) in [5.41, 5.74) is 4.17. The molecule has 5 rings (SSSR count). The fraction of sp³-hybridized carbons (Fsp3) is 0.286. The molecule has 1 aliphatic rings. The van der Waals surface area contributed by atoms with Crippen molar-refractivity contribution in [3.8, 4) is 11.4 Å². The highest BCUT2D eigenvalue weighted by atomic mass is 16.4. The number of carboxylic acid groups (broad SMARTS) is 1. The molecular weight excluding hydrogens is 472 g/mol. The number of fused-ring (bicyclic) bond motifs is 1. The van der Waals surface area contributed by atoms with Crippen LogP contribution in [0.3, 0.4) is 0 Å². The summed E-state index contributed by atoms with van der Waals surface area (Å²) in [7, 11) is 0. The van der Waals surface area contributed by atoms with Crippen molar-refractivity contribution >= 4 is 35.0 Å². The number of imidazole rings is 1. The molecule has 2 aromatic carbocycles. The largest absolute Gasteiger partial charge is 0.480 e. The molecule has 0 saturated heterocycles. The topological polar surface area (TPSA) is 126 Å². The van der Waals surface area contributed by atoms with Crippen molar-refractivity contribution < 1.29 is 23.9 Å². The first-order chi connectivity index (χ1) is 18.0. The van der Waals surface area contributed by atoms with Gasteiger partial charge in [0.25, 0.3) is 5.91 Å². The zero-order valence-electron chi connectivity index (χ0n) is 20.2. The third-order valence-corrected chi connectivity index (χ3v) is 6.89. The summed E-state index contributed by atoms with van der Waals surface area (Å²) in [5.74, 6) is -0.803. The van der Waals surface area contributed by atoms with E-state index in [1.807, 2.05) is 12.1 Å². The number of aromatic nitrogens is 2. The number of anilines is 1. The fourth-order valence-corrected chi connectivity index (χ4v) is 5.03. The second kappa shape index (κ2) is 10.7. The van der Waals surface area contributed by atoms with Crippen molar-refractivity contribution in [2.45, 2.75) is 50.6 Å². The Morgan fingerprint density at radius 1 is 1.11 bits per heavy atom. The molecule has 0 spiro atoms. The number of amides is 2. The maximum atomic E-state index is 13.1. The van der Waals surface area contributed by atoms with E-state index in [1.165, 1.54) is 19.3 Å². The number of nitrogens with one attached hydrogen (secondary N) is 2. The average Bonchev–Trinajstić information content (AvgIpc) is 3.57. The quantitative estimate of drug-likeness (QED) is 0.284. The van der Waals surface area contributed by atoms with Gasteiger partial charge in [0.1, 0.15) is 18.1 Å². The molecule has 0 radical (unpaired) electrons. The molecule has 0 unspecified atom stereocenters. The van der Waals surface area contributed by atoms with E-state index < -0.39 is 17.9 Å². The van der Waals surface area contributed by atoms with Gasteiger partial charge < -0.3 is 24.7 Å². The van der Waals surface area contributed by atoms with Crippen LogP contribution in [-0.2, 0) is 16.0 Å². The highest BCUT2D eigenvalue weighted by molar-refractivity contribution is 5.99. The van der Waals surface area contributed by atoms with Gasteiger partial charge in [-0.1, -0.05) is 31.4 Å². The van der Waals surface area contributed by atoms with Crippen LogP contribution in [0.1, 0.15) is 54.1 Å². The molecule has 4 aromatic rings. The van der Waals surface area contributed by atoms with Gasteiger partial charge in [-0.25, -0.2) is 9.78 Å². The number of nitrogens with zero attached hydrogens (tertiary/aromatic N) is 2. The summed E-state index contributed by atoms with van der Waals surface area (Å²) < 4.78 is 7.57. The van der Waals surface area contributed by atoms with Crippen LogP contribution >= 0.6 is 0 Å². The summed E-state index contributed by atoms with van der Waals surface area (Å²) in [4.78, 5) is 40.4. The smallest absolute Gasteiger partial charge is 0.326 e. The number of carbonyl (C=O) groups excluding carboxylic acids is 2. The first-order valence-electron chi connectivity index (χ1n) is 12.4. The zero-order chi connectivity index (χ0) is 25.8. The standard InChI is InChI=1S/C28H28N4O5/c33-17-29-21-9-6-18(7-10-21)14-24(28(35)36)31-27(34)19-8-11-25-23(15-19)30-26(20-12-13-37-16-20)32(25)22-4-2-1-3-5-22/h6-13,15-17,22,24H,1-5,14H2,(H,29,33)(H,31,34)(H,35,36)/t24-/m0/s1. The van der Waals surface area contributed by atoms with Crippen LogP contribution in [0, 0.1) is 0 Å². The van der Waals surface area contributed by atoms with Gasteiger partial charge in [0.05, 0.1) is 22.9 Å². The van der Waals surface area contributed by atoms with Crippen molar-refractivity contribution in [2.75, 3.05) is 5.32 Å². The lowest BCUT2D eigenvalue weighted by Crippen LogP contribution is -2.42. The van der Waals surface area contributed by atoms with Crippen LogP contribution < -0.4 is 10.6 Å². The monoisotopic (exact) mass is 500 g/mol. The van der Waals surface area contributed by atoms with Crippen LogP contribution in [0.15, 0.2) is 65.5 Å². The van der Waals surface area contributed by atoms with Gasteiger partial charge in [0.15, 0.2) is 0 Å². The first-order valence-corrected chi connectivity index (χ1v) is 12.4. The molecule has 2 amide bonds. The molecule has 1 fully saturated rings. The Labute approximate surface area is 213 Å². The van der Waals surface area contributed by atoms with E-state index in [4.69, 9.17) is 9.40 Å². The zero-order valence-corrected chi connectivity index (χ0v) is 20.2. The van der Waals surface area contributed by atoms with Crippen LogP contribution in [0.4, 0.5) is 5.69 Å². The molecule has 9 heteroatoms. The number of carboxylic acids is 1. The van der Waals surface area contributed by atoms with E-state index >= 15 is 0 Å². The van der Waals surface area contributed by atoms with E-state index in [1.54, 1.807) is 48.9 Å². The van der Waals surface area contributed by atoms with Crippen LogP contribution in [0.5, 0.6) is 0 Å². The fourth-order valence-electron chi connectivity index (χ4n) is 5.03. The predicted molar refractivity (Wildman–Crippen MR) is 138 cm³/mol. The summed E-state index contributed by atoms with van der Waals surface area (Å²) in [5, 5.41) is 14.9. The Morgan fingerprint density at radius 2 is 1.89 bits per heavy atom. The van der Waals surface area contributed by atoms with E-state index in [0.29, 0.717) is 29.2 Å². The lowest BCUT2D eigenvalue weighted by molar-refractivity contribution is -0.139. The summed E-state index contributed by atoms with van der Waals surface area (Å²) >= 11 is 0. The van der Waals surface area contributed by atoms with E-state index in [2.05, 4.69) is 15.2 Å². The Morgan fingerprint density at radius 3 is 2.57 bits per heavy atom. The normalized spacial score (nSPS) is 14.8. The van der Waals surface area contributed by atoms with E-state index in [9.17, 15) is 19.5 Å². The Kier molecular flexibility index (Phi) is 7.02. The number of rotatable bonds is 9. The van der Waals surface area contributed by atoms with Crippen LogP contribution in [-0.4, -0.2) is 39.0 Å². The molecule has 2 aromatic heterocycles. The van der Waals surface area contributed by atoms with Gasteiger partial charge >= 0.3 is 5.97 Å². The molecule has 1 saturated carbocycles. The van der Waals surface area contributed by atoms with Gasteiger partial charge in [-0.15, -0.1) is 0 Å². The summed E-state index contributed by atoms with van der Waals surface area (Å²) in [6.07, 6.45) is 9.69. The molecule has 1 atom stereocenters. The number of hydrogen-bond donors (Lipinski definition) is 3. The van der Waals surface area contributed by atoms with Crippen LogP contribution in [0.25, 0.3) is 22.4 Å². The second-order valence-corrected chi connectivity index (χ2v) is 9.34. The Bertz CT molecular complexity index is 1400. The van der Waals surface area contributed by atoms with Crippen LogP contribution in [0.2, 0.25) is 0 Å². The minimum atomic E-state index is -1.13. The average molecular weight is 501 g/mol. The lowest BCUT2D eigenvalue weighted by atomic mass is 9.95. The number of aliphatic carboxylic acids is 1. The molecule has 37 heavy (non-hydrogen) atoms. The molecule has 1 aliphatic carbocycles. The SMILES string of the molecule is O=CNc1ccc(C[C@H](NC(=O)c2ccc3c(c2)nc(-c2ccoc2)n3C2CCCCC2)C(=O)O)cc1. The molecule has 0 aliphatic heterocycles. The minimum Gasteiger partial charge on any atom is -0.480 e. The molecule has 3 N–H and O–H groups in total. The maximum absolute atomic E-state index is 13.1. The number of furan rings is 1. The third-order valence-electron chi connectivity index (χ3n) is 6.89. The van der Waals surface area contributed by atoms with Crippen molar-refractivity contribution in [1.82, 2.24) is 14.9 Å². The number of benzene rings is 2. The van der Waals surface area contributed by atoms with Gasteiger partial charge in [-0.3, -0.25) is 9.59 Å². The second-order valence-electron chi connectivity index (χ2n) is 9.34. The number of carbonyl (C=O) groups is 3. The minimum absolute atomic E-state index is 0.103. The van der Waals surface area contributed by atoms with Gasteiger partial charge in [-0.05, 0) is 54.8 Å². The van der Waals surface area contributed by atoms with Gasteiger partial charge in [0, 0.05) is 23.7 Å². The Hall–Kier alpha value is -4.40. The maximum Gasteiger partial charge on any atom is 0.326 e. The van der Waals surface area contributed by atoms with E-state index in [0.717, 1.165) is 35.3 Å². The number of hydrogen-bond acceptors (Lipinski definition) is 5. The van der Waals surface area contributed by atoms with Crippen molar-refractivity contribution in [2.24, 2.45) is 0 Å². The summed E-state index contributed by atoms with van der Waals surface area (Å²) in [6.45, 7) is 0. The highest BCUT2D eigenvalue weighted by Gasteiger charge is 2.25. The molecule has 2 heterocycles. The molecule has 0 bridgehead atoms. The molecule has 190 valence electrons.